The maximum Gasteiger partial charge on any atom is 0.251 e. The van der Waals surface area contributed by atoms with Crippen molar-refractivity contribution >= 4 is 45.7 Å². The summed E-state index contributed by atoms with van der Waals surface area (Å²) in [7, 11) is 1.75. The third-order valence-corrected chi connectivity index (χ3v) is 7.15. The number of nitrogens with zero attached hydrogens (tertiary/aromatic N) is 2. The molecule has 0 saturated heterocycles. The first-order chi connectivity index (χ1) is 16.8. The molecule has 0 fully saturated rings. The van der Waals surface area contributed by atoms with Crippen LogP contribution in [0.5, 0.6) is 0 Å². The summed E-state index contributed by atoms with van der Waals surface area (Å²) in [6.45, 7) is 0. The van der Waals surface area contributed by atoms with E-state index in [9.17, 15) is 4.79 Å². The largest absolute Gasteiger partial charge is 0.314 e. The Morgan fingerprint density at radius 3 is 2.31 bits per heavy atom. The van der Waals surface area contributed by atoms with Crippen molar-refractivity contribution in [1.29, 1.82) is 0 Å². The fraction of sp³-hybridized carbons (Fsp3) is 0.0714. The van der Waals surface area contributed by atoms with Gasteiger partial charge in [0, 0.05) is 51.5 Å². The molecule has 35 heavy (non-hydrogen) atoms. The lowest BCUT2D eigenvalue weighted by Gasteiger charge is -2.32. The number of hydrogen-bond acceptors (Lipinski definition) is 3. The highest BCUT2D eigenvalue weighted by molar-refractivity contribution is 6.31. The fourth-order valence-corrected chi connectivity index (χ4v) is 5.03. The van der Waals surface area contributed by atoms with Gasteiger partial charge in [-0.15, -0.1) is 0 Å². The van der Waals surface area contributed by atoms with Crippen molar-refractivity contribution in [3.63, 3.8) is 0 Å². The zero-order valence-corrected chi connectivity index (χ0v) is 20.9. The van der Waals surface area contributed by atoms with Crippen molar-refractivity contribution in [1.82, 2.24) is 9.55 Å². The molecule has 0 bridgehead atoms. The van der Waals surface area contributed by atoms with Gasteiger partial charge in [-0.2, -0.15) is 0 Å². The molecule has 0 aliphatic carbocycles. The minimum Gasteiger partial charge on any atom is -0.314 e. The first kappa shape index (κ1) is 23.6. The normalized spacial score (nSPS) is 13.1. The number of aryl methyl sites for hydroxylation is 1. The van der Waals surface area contributed by atoms with E-state index in [-0.39, 0.29) is 5.56 Å². The molecule has 0 radical (unpaired) electrons. The van der Waals surface area contributed by atoms with Gasteiger partial charge in [-0.3, -0.25) is 9.78 Å². The Labute approximate surface area is 217 Å². The lowest BCUT2D eigenvalue weighted by molar-refractivity contribution is 0.650. The van der Waals surface area contributed by atoms with E-state index in [1.54, 1.807) is 54.3 Å². The zero-order valence-electron chi connectivity index (χ0n) is 18.7. The van der Waals surface area contributed by atoms with Crippen molar-refractivity contribution in [3.05, 3.63) is 133 Å². The SMILES string of the molecule is Cn1c(=O)cc(-c2cccc(Cl)c2)c2cc(C(N)(c3ccc(Cl)cc3)c3cnccc3Cl)ccc21. The van der Waals surface area contributed by atoms with Crippen molar-refractivity contribution in [3.8, 4) is 11.1 Å². The van der Waals surface area contributed by atoms with E-state index < -0.39 is 5.54 Å². The Bertz CT molecular complexity index is 1630. The number of rotatable bonds is 4. The molecule has 2 N–H and O–H groups in total. The maximum absolute atomic E-state index is 12.8. The molecule has 0 amide bonds. The summed E-state index contributed by atoms with van der Waals surface area (Å²) >= 11 is 19.1. The van der Waals surface area contributed by atoms with Crippen LogP contribution in [0.3, 0.4) is 0 Å². The highest BCUT2D eigenvalue weighted by Crippen LogP contribution is 2.40. The van der Waals surface area contributed by atoms with Crippen LogP contribution in [0.1, 0.15) is 16.7 Å². The highest BCUT2D eigenvalue weighted by Gasteiger charge is 2.34. The molecular formula is C28H20Cl3N3O. The smallest absolute Gasteiger partial charge is 0.251 e. The molecule has 0 spiro atoms. The molecule has 2 heterocycles. The number of hydrogen-bond donors (Lipinski definition) is 1. The standard InChI is InChI=1S/C28H20Cl3N3O/c1-34-26-10-7-19(14-23(26)22(15-27(34)35)17-3-2-4-21(30)13-17)28(32,18-5-8-20(29)9-6-18)24-16-33-12-11-25(24)31/h2-16H,32H2,1H3. The zero-order chi connectivity index (χ0) is 24.7. The van der Waals surface area contributed by atoms with Gasteiger partial charge in [-0.1, -0.05) is 65.1 Å². The third-order valence-electron chi connectivity index (χ3n) is 6.33. The van der Waals surface area contributed by atoms with E-state index in [1.807, 2.05) is 48.5 Å². The number of halogens is 3. The van der Waals surface area contributed by atoms with Crippen LogP contribution in [-0.2, 0) is 12.6 Å². The number of pyridine rings is 2. The molecule has 2 aromatic heterocycles. The summed E-state index contributed by atoms with van der Waals surface area (Å²) in [5.74, 6) is 0. The topological polar surface area (TPSA) is 60.9 Å². The van der Waals surface area contributed by atoms with Crippen LogP contribution in [0.2, 0.25) is 15.1 Å². The van der Waals surface area contributed by atoms with Crippen LogP contribution in [0.4, 0.5) is 0 Å². The number of nitrogens with two attached hydrogens (primary N) is 1. The lowest BCUT2D eigenvalue weighted by atomic mass is 9.78. The Hall–Kier alpha value is -3.15. The van der Waals surface area contributed by atoms with E-state index in [4.69, 9.17) is 40.5 Å². The van der Waals surface area contributed by atoms with E-state index in [0.29, 0.717) is 20.6 Å². The minimum atomic E-state index is -1.13. The van der Waals surface area contributed by atoms with E-state index in [1.165, 1.54) is 0 Å². The van der Waals surface area contributed by atoms with Crippen LogP contribution in [0.25, 0.3) is 22.0 Å². The van der Waals surface area contributed by atoms with Crippen molar-refractivity contribution in [2.45, 2.75) is 5.54 Å². The molecule has 4 nitrogen and oxygen atoms in total. The van der Waals surface area contributed by atoms with Gasteiger partial charge >= 0.3 is 0 Å². The number of benzene rings is 3. The monoisotopic (exact) mass is 519 g/mol. The average Bonchev–Trinajstić information content (AvgIpc) is 2.86. The molecule has 5 rings (SSSR count). The van der Waals surface area contributed by atoms with Gasteiger partial charge in [-0.05, 0) is 64.7 Å². The second-order valence-electron chi connectivity index (χ2n) is 8.37. The average molecular weight is 521 g/mol. The summed E-state index contributed by atoms with van der Waals surface area (Å²) in [4.78, 5) is 17.1. The van der Waals surface area contributed by atoms with Crippen molar-refractivity contribution < 1.29 is 0 Å². The molecule has 1 unspecified atom stereocenters. The fourth-order valence-electron chi connectivity index (χ4n) is 4.46. The van der Waals surface area contributed by atoms with Crippen LogP contribution in [-0.4, -0.2) is 9.55 Å². The van der Waals surface area contributed by atoms with Crippen LogP contribution in [0.15, 0.2) is 96.1 Å². The molecule has 0 saturated carbocycles. The van der Waals surface area contributed by atoms with Gasteiger partial charge in [0.25, 0.3) is 5.56 Å². The molecule has 0 aliphatic rings. The molecule has 0 aliphatic heterocycles. The Morgan fingerprint density at radius 1 is 0.857 bits per heavy atom. The second kappa shape index (κ2) is 9.14. The van der Waals surface area contributed by atoms with Crippen molar-refractivity contribution in [2.24, 2.45) is 12.8 Å². The van der Waals surface area contributed by atoms with Crippen molar-refractivity contribution in [2.75, 3.05) is 0 Å². The van der Waals surface area contributed by atoms with Gasteiger partial charge in [-0.25, -0.2) is 0 Å². The summed E-state index contributed by atoms with van der Waals surface area (Å²) in [5.41, 5.74) is 10.6. The molecule has 7 heteroatoms. The van der Waals surface area contributed by atoms with Gasteiger partial charge in [0.05, 0.1) is 11.1 Å². The summed E-state index contributed by atoms with van der Waals surface area (Å²) in [5, 5.41) is 2.54. The van der Waals surface area contributed by atoms with Gasteiger partial charge in [0.15, 0.2) is 0 Å². The first-order valence-electron chi connectivity index (χ1n) is 10.8. The molecule has 3 aromatic carbocycles. The Kier molecular flexibility index (Phi) is 6.16. The molecule has 5 aromatic rings. The van der Waals surface area contributed by atoms with Crippen LogP contribution < -0.4 is 11.3 Å². The quantitative estimate of drug-likeness (QED) is 0.283. The predicted octanol–water partition coefficient (Wildman–Crippen LogP) is 6.81. The summed E-state index contributed by atoms with van der Waals surface area (Å²) < 4.78 is 1.62. The second-order valence-corrected chi connectivity index (χ2v) is 9.65. The Balaban J connectivity index is 1.85. The van der Waals surface area contributed by atoms with Gasteiger partial charge in [0.2, 0.25) is 0 Å². The van der Waals surface area contributed by atoms with E-state index in [0.717, 1.165) is 33.2 Å². The Morgan fingerprint density at radius 2 is 1.60 bits per heavy atom. The maximum atomic E-state index is 12.8. The van der Waals surface area contributed by atoms with E-state index >= 15 is 0 Å². The van der Waals surface area contributed by atoms with Crippen LogP contribution >= 0.6 is 34.8 Å². The summed E-state index contributed by atoms with van der Waals surface area (Å²) in [6.07, 6.45) is 3.31. The number of fused-ring (bicyclic) bond motifs is 1. The lowest BCUT2D eigenvalue weighted by Crippen LogP contribution is -2.39. The highest BCUT2D eigenvalue weighted by atomic mass is 35.5. The van der Waals surface area contributed by atoms with Gasteiger partial charge < -0.3 is 10.3 Å². The molecule has 174 valence electrons. The van der Waals surface area contributed by atoms with Gasteiger partial charge in [0.1, 0.15) is 0 Å². The van der Waals surface area contributed by atoms with E-state index in [2.05, 4.69) is 4.98 Å². The third kappa shape index (κ3) is 4.13. The van der Waals surface area contributed by atoms with Crippen LogP contribution in [0, 0.1) is 0 Å². The predicted molar refractivity (Wildman–Crippen MR) is 144 cm³/mol. The number of aromatic nitrogens is 2. The minimum absolute atomic E-state index is 0.118. The summed E-state index contributed by atoms with van der Waals surface area (Å²) in [6, 6.07) is 24.0. The molecular weight excluding hydrogens is 501 g/mol. The molecule has 1 atom stereocenters. The first-order valence-corrected chi connectivity index (χ1v) is 12.0.